The Hall–Kier alpha value is -3.15. The van der Waals surface area contributed by atoms with E-state index in [4.69, 9.17) is 5.11 Å². The van der Waals surface area contributed by atoms with Crippen LogP contribution in [0.4, 0.5) is 5.69 Å². The lowest BCUT2D eigenvalue weighted by Gasteiger charge is -2.04. The molecule has 104 valence electrons. The van der Waals surface area contributed by atoms with E-state index in [-0.39, 0.29) is 11.6 Å². The van der Waals surface area contributed by atoms with E-state index in [9.17, 15) is 9.59 Å². The average molecular weight is 281 g/mol. The van der Waals surface area contributed by atoms with Crippen molar-refractivity contribution in [2.75, 3.05) is 5.32 Å². The third-order valence-corrected chi connectivity index (χ3v) is 3.07. The molecular formula is C15H11N3O3. The smallest absolute Gasteiger partial charge is 0.354 e. The fourth-order valence-corrected chi connectivity index (χ4v) is 2.08. The van der Waals surface area contributed by atoms with Gasteiger partial charge >= 0.3 is 5.97 Å². The Labute approximate surface area is 119 Å². The highest BCUT2D eigenvalue weighted by Crippen LogP contribution is 2.19. The molecule has 3 N–H and O–H groups in total. The molecule has 0 aliphatic heterocycles. The number of carbonyl (C=O) groups is 2. The first kappa shape index (κ1) is 12.9. The molecule has 0 saturated heterocycles. The number of nitrogens with one attached hydrogen (secondary N) is 2. The van der Waals surface area contributed by atoms with Gasteiger partial charge in [0.1, 0.15) is 5.69 Å². The van der Waals surface area contributed by atoms with E-state index in [1.807, 2.05) is 24.3 Å². The molecule has 1 aromatic carbocycles. The first-order valence-electron chi connectivity index (χ1n) is 6.22. The van der Waals surface area contributed by atoms with E-state index in [1.54, 1.807) is 12.3 Å². The van der Waals surface area contributed by atoms with Gasteiger partial charge in [-0.1, -0.05) is 18.2 Å². The number of rotatable bonds is 3. The van der Waals surface area contributed by atoms with Crippen molar-refractivity contribution in [2.45, 2.75) is 0 Å². The van der Waals surface area contributed by atoms with Crippen LogP contribution in [0.3, 0.4) is 0 Å². The second-order valence-electron chi connectivity index (χ2n) is 4.44. The van der Waals surface area contributed by atoms with Crippen molar-refractivity contribution in [1.29, 1.82) is 0 Å². The van der Waals surface area contributed by atoms with Crippen molar-refractivity contribution in [3.8, 4) is 0 Å². The van der Waals surface area contributed by atoms with E-state index < -0.39 is 5.97 Å². The average Bonchev–Trinajstić information content (AvgIpc) is 2.91. The van der Waals surface area contributed by atoms with Crippen molar-refractivity contribution in [3.05, 3.63) is 60.0 Å². The zero-order valence-corrected chi connectivity index (χ0v) is 10.8. The van der Waals surface area contributed by atoms with Gasteiger partial charge in [-0.25, -0.2) is 9.78 Å². The SMILES string of the molecule is O=C(O)c1cc(NC(=O)c2c[nH]c3ccccc23)ccn1. The fourth-order valence-electron chi connectivity index (χ4n) is 2.08. The molecule has 0 bridgehead atoms. The molecule has 6 heteroatoms. The number of aromatic carboxylic acids is 1. The third-order valence-electron chi connectivity index (χ3n) is 3.07. The number of aromatic nitrogens is 2. The van der Waals surface area contributed by atoms with Crippen molar-refractivity contribution in [1.82, 2.24) is 9.97 Å². The number of hydrogen-bond donors (Lipinski definition) is 3. The van der Waals surface area contributed by atoms with Crippen LogP contribution in [0.5, 0.6) is 0 Å². The van der Waals surface area contributed by atoms with Crippen molar-refractivity contribution in [3.63, 3.8) is 0 Å². The van der Waals surface area contributed by atoms with Crippen LogP contribution in [0.1, 0.15) is 20.8 Å². The van der Waals surface area contributed by atoms with Crippen LogP contribution in [0.15, 0.2) is 48.8 Å². The van der Waals surface area contributed by atoms with Crippen LogP contribution in [0.2, 0.25) is 0 Å². The summed E-state index contributed by atoms with van der Waals surface area (Å²) < 4.78 is 0. The number of nitrogens with zero attached hydrogens (tertiary/aromatic N) is 1. The van der Waals surface area contributed by atoms with Gasteiger partial charge in [0.25, 0.3) is 5.91 Å². The zero-order valence-electron chi connectivity index (χ0n) is 10.8. The summed E-state index contributed by atoms with van der Waals surface area (Å²) in [5.74, 6) is -1.45. The normalized spacial score (nSPS) is 10.5. The molecule has 3 rings (SSSR count). The summed E-state index contributed by atoms with van der Waals surface area (Å²) in [6.07, 6.45) is 2.97. The number of carbonyl (C=O) groups excluding carboxylic acids is 1. The minimum Gasteiger partial charge on any atom is -0.477 e. The van der Waals surface area contributed by atoms with E-state index in [0.717, 1.165) is 10.9 Å². The Kier molecular flexibility index (Phi) is 3.12. The number of carboxylic acid groups (broad SMARTS) is 1. The minimum absolute atomic E-state index is 0.119. The predicted octanol–water partition coefficient (Wildman–Crippen LogP) is 2.51. The summed E-state index contributed by atoms with van der Waals surface area (Å²) in [7, 11) is 0. The van der Waals surface area contributed by atoms with Crippen molar-refractivity contribution >= 4 is 28.5 Å². The molecule has 0 atom stereocenters. The quantitative estimate of drug-likeness (QED) is 0.687. The predicted molar refractivity (Wildman–Crippen MR) is 77.4 cm³/mol. The van der Waals surface area contributed by atoms with E-state index in [2.05, 4.69) is 15.3 Å². The summed E-state index contributed by atoms with van der Waals surface area (Å²) in [5.41, 5.74) is 1.63. The van der Waals surface area contributed by atoms with Gasteiger partial charge in [-0.05, 0) is 18.2 Å². The maximum Gasteiger partial charge on any atom is 0.354 e. The van der Waals surface area contributed by atoms with Crippen LogP contribution in [-0.2, 0) is 0 Å². The summed E-state index contributed by atoms with van der Waals surface area (Å²) in [5, 5.41) is 12.4. The van der Waals surface area contributed by atoms with E-state index in [1.165, 1.54) is 12.3 Å². The summed E-state index contributed by atoms with van der Waals surface area (Å²) in [6.45, 7) is 0. The summed E-state index contributed by atoms with van der Waals surface area (Å²) in [4.78, 5) is 29.9. The maximum atomic E-state index is 12.3. The topological polar surface area (TPSA) is 95.1 Å². The number of hydrogen-bond acceptors (Lipinski definition) is 3. The highest BCUT2D eigenvalue weighted by molar-refractivity contribution is 6.12. The molecule has 6 nitrogen and oxygen atoms in total. The number of para-hydroxylation sites is 1. The van der Waals surface area contributed by atoms with Gasteiger partial charge in [-0.2, -0.15) is 0 Å². The number of carboxylic acids is 1. The lowest BCUT2D eigenvalue weighted by molar-refractivity contribution is 0.0690. The van der Waals surface area contributed by atoms with Gasteiger partial charge in [-0.3, -0.25) is 4.79 Å². The zero-order chi connectivity index (χ0) is 14.8. The largest absolute Gasteiger partial charge is 0.477 e. The van der Waals surface area contributed by atoms with Crippen LogP contribution >= 0.6 is 0 Å². The molecule has 2 aromatic heterocycles. The minimum atomic E-state index is -1.14. The first-order valence-corrected chi connectivity index (χ1v) is 6.22. The molecule has 0 aliphatic carbocycles. The molecule has 0 aliphatic rings. The van der Waals surface area contributed by atoms with Crippen LogP contribution < -0.4 is 5.32 Å². The molecule has 0 fully saturated rings. The number of anilines is 1. The number of amides is 1. The van der Waals surface area contributed by atoms with Gasteiger partial charge < -0.3 is 15.4 Å². The number of pyridine rings is 1. The molecule has 3 aromatic rings. The van der Waals surface area contributed by atoms with Gasteiger partial charge in [0.15, 0.2) is 0 Å². The lowest BCUT2D eigenvalue weighted by atomic mass is 10.1. The highest BCUT2D eigenvalue weighted by Gasteiger charge is 2.13. The molecular weight excluding hydrogens is 270 g/mol. The second kappa shape index (κ2) is 5.09. The number of aromatic amines is 1. The highest BCUT2D eigenvalue weighted by atomic mass is 16.4. The lowest BCUT2D eigenvalue weighted by Crippen LogP contribution is -2.12. The molecule has 2 heterocycles. The fraction of sp³-hybridized carbons (Fsp3) is 0. The van der Waals surface area contributed by atoms with Gasteiger partial charge in [0.2, 0.25) is 0 Å². The van der Waals surface area contributed by atoms with Crippen LogP contribution in [0.25, 0.3) is 10.9 Å². The number of H-pyrrole nitrogens is 1. The Morgan fingerprint density at radius 1 is 1.19 bits per heavy atom. The first-order chi connectivity index (χ1) is 10.1. The Morgan fingerprint density at radius 3 is 2.81 bits per heavy atom. The van der Waals surface area contributed by atoms with Crippen LogP contribution in [0, 0.1) is 0 Å². The number of benzene rings is 1. The molecule has 0 saturated carbocycles. The Bertz CT molecular complexity index is 839. The van der Waals surface area contributed by atoms with E-state index in [0.29, 0.717) is 11.3 Å². The molecule has 0 radical (unpaired) electrons. The Balaban J connectivity index is 1.90. The molecule has 1 amide bonds. The van der Waals surface area contributed by atoms with Crippen molar-refractivity contribution < 1.29 is 14.7 Å². The standard InChI is InChI=1S/C15H11N3O3/c19-14(11-8-17-12-4-2-1-3-10(11)12)18-9-5-6-16-13(7-9)15(20)21/h1-8,17H,(H,20,21)(H,16,18,19). The van der Waals surface area contributed by atoms with Gasteiger partial charge in [0, 0.05) is 29.0 Å². The monoisotopic (exact) mass is 281 g/mol. The van der Waals surface area contributed by atoms with Crippen LogP contribution in [-0.4, -0.2) is 27.0 Å². The second-order valence-corrected chi connectivity index (χ2v) is 4.44. The molecule has 0 spiro atoms. The van der Waals surface area contributed by atoms with E-state index >= 15 is 0 Å². The maximum absolute atomic E-state index is 12.3. The number of fused-ring (bicyclic) bond motifs is 1. The molecule has 21 heavy (non-hydrogen) atoms. The third kappa shape index (κ3) is 2.46. The summed E-state index contributed by atoms with van der Waals surface area (Å²) in [6, 6.07) is 10.3. The summed E-state index contributed by atoms with van der Waals surface area (Å²) >= 11 is 0. The van der Waals surface area contributed by atoms with Crippen molar-refractivity contribution in [2.24, 2.45) is 0 Å². The molecule has 0 unspecified atom stereocenters. The van der Waals surface area contributed by atoms with Gasteiger partial charge in [-0.15, -0.1) is 0 Å². The van der Waals surface area contributed by atoms with Gasteiger partial charge in [0.05, 0.1) is 5.56 Å². The Morgan fingerprint density at radius 2 is 2.00 bits per heavy atom.